The molecule has 3 aromatic rings. The van der Waals surface area contributed by atoms with Gasteiger partial charge in [0.1, 0.15) is 11.5 Å². The number of aromatic nitrogens is 4. The van der Waals surface area contributed by atoms with Gasteiger partial charge in [0.25, 0.3) is 0 Å². The normalized spacial score (nSPS) is 15.6. The second-order valence-corrected chi connectivity index (χ2v) is 5.16. The number of furan rings is 1. The van der Waals surface area contributed by atoms with Gasteiger partial charge in [-0.25, -0.2) is 4.98 Å². The molecule has 1 saturated heterocycles. The zero-order valence-electron chi connectivity index (χ0n) is 12.2. The van der Waals surface area contributed by atoms with Crippen molar-refractivity contribution in [1.82, 2.24) is 19.7 Å². The summed E-state index contributed by atoms with van der Waals surface area (Å²) >= 11 is 0. The fourth-order valence-electron chi connectivity index (χ4n) is 2.60. The number of hydrogen-bond donors (Lipinski definition) is 1. The van der Waals surface area contributed by atoms with Gasteiger partial charge in [0, 0.05) is 20.1 Å². The monoisotopic (exact) mass is 300 g/mol. The highest BCUT2D eigenvalue weighted by molar-refractivity contribution is 5.97. The third-order valence-electron chi connectivity index (χ3n) is 3.78. The Kier molecular flexibility index (Phi) is 2.97. The van der Waals surface area contributed by atoms with Gasteiger partial charge in [-0.15, -0.1) is 0 Å². The molecule has 8 nitrogen and oxygen atoms in total. The third kappa shape index (κ3) is 2.00. The maximum Gasteiger partial charge on any atom is 0.228 e. The van der Waals surface area contributed by atoms with Crippen molar-refractivity contribution in [2.75, 3.05) is 36.9 Å². The average Bonchev–Trinajstić information content (AvgIpc) is 3.17. The lowest BCUT2D eigenvalue weighted by Crippen LogP contribution is -2.37. The van der Waals surface area contributed by atoms with Crippen LogP contribution >= 0.6 is 0 Å². The van der Waals surface area contributed by atoms with Crippen LogP contribution in [0.1, 0.15) is 0 Å². The summed E-state index contributed by atoms with van der Waals surface area (Å²) in [4.78, 5) is 11.3. The lowest BCUT2D eigenvalue weighted by atomic mass is 10.2. The van der Waals surface area contributed by atoms with Gasteiger partial charge in [-0.3, -0.25) is 4.68 Å². The number of anilines is 2. The largest absolute Gasteiger partial charge is 0.463 e. The minimum absolute atomic E-state index is 0.523. The molecular formula is C14H16N6O2. The molecule has 1 aliphatic rings. The highest BCUT2D eigenvalue weighted by Crippen LogP contribution is 2.32. The predicted molar refractivity (Wildman–Crippen MR) is 81.5 cm³/mol. The van der Waals surface area contributed by atoms with Crippen molar-refractivity contribution in [2.24, 2.45) is 7.05 Å². The summed E-state index contributed by atoms with van der Waals surface area (Å²) in [5.74, 6) is 1.80. The van der Waals surface area contributed by atoms with Crippen LogP contribution in [0.5, 0.6) is 0 Å². The van der Waals surface area contributed by atoms with Crippen LogP contribution in [0.3, 0.4) is 0 Å². The summed E-state index contributed by atoms with van der Waals surface area (Å²) in [6, 6.07) is 3.68. The molecule has 0 radical (unpaired) electrons. The molecule has 0 saturated carbocycles. The van der Waals surface area contributed by atoms with E-state index < -0.39 is 0 Å². The van der Waals surface area contributed by atoms with Crippen molar-refractivity contribution >= 4 is 22.8 Å². The summed E-state index contributed by atoms with van der Waals surface area (Å²) in [5.41, 5.74) is 7.36. The number of hydrogen-bond acceptors (Lipinski definition) is 7. The van der Waals surface area contributed by atoms with Crippen LogP contribution in [0, 0.1) is 0 Å². The first-order chi connectivity index (χ1) is 10.7. The topological polar surface area (TPSA) is 95.2 Å². The molecule has 1 fully saturated rings. The Balaban J connectivity index is 1.93. The zero-order valence-corrected chi connectivity index (χ0v) is 12.2. The molecule has 4 heterocycles. The minimum atomic E-state index is 0.523. The lowest BCUT2D eigenvalue weighted by molar-refractivity contribution is 0.122. The zero-order chi connectivity index (χ0) is 15.1. The van der Waals surface area contributed by atoms with Gasteiger partial charge in [0.2, 0.25) is 5.95 Å². The highest BCUT2D eigenvalue weighted by Gasteiger charge is 2.22. The van der Waals surface area contributed by atoms with Crippen molar-refractivity contribution in [1.29, 1.82) is 0 Å². The van der Waals surface area contributed by atoms with Gasteiger partial charge < -0.3 is 19.8 Å². The third-order valence-corrected chi connectivity index (χ3v) is 3.78. The molecule has 0 aromatic carbocycles. The maximum absolute atomic E-state index is 6.12. The highest BCUT2D eigenvalue weighted by atomic mass is 16.5. The van der Waals surface area contributed by atoms with Crippen LogP contribution in [0.2, 0.25) is 0 Å². The van der Waals surface area contributed by atoms with E-state index in [1.807, 2.05) is 12.1 Å². The van der Waals surface area contributed by atoms with Gasteiger partial charge in [-0.05, 0) is 12.1 Å². The molecule has 0 unspecified atom stereocenters. The van der Waals surface area contributed by atoms with Crippen LogP contribution in [0.4, 0.5) is 11.8 Å². The molecule has 0 spiro atoms. The van der Waals surface area contributed by atoms with Gasteiger partial charge in [-0.2, -0.15) is 10.1 Å². The van der Waals surface area contributed by atoms with Crippen molar-refractivity contribution < 1.29 is 9.15 Å². The lowest BCUT2D eigenvalue weighted by Gasteiger charge is -2.26. The first kappa shape index (κ1) is 13.1. The first-order valence-corrected chi connectivity index (χ1v) is 7.11. The SMILES string of the molecule is Cn1nc2nc(N3CCOCC3)nc(-c3ccco3)c2c1N. The van der Waals surface area contributed by atoms with Crippen molar-refractivity contribution in [3.05, 3.63) is 18.4 Å². The van der Waals surface area contributed by atoms with Crippen LogP contribution in [-0.4, -0.2) is 46.1 Å². The molecule has 0 amide bonds. The molecule has 0 bridgehead atoms. The van der Waals surface area contributed by atoms with E-state index in [-0.39, 0.29) is 0 Å². The summed E-state index contributed by atoms with van der Waals surface area (Å²) in [5, 5.41) is 5.10. The number of nitrogens with zero attached hydrogens (tertiary/aromatic N) is 5. The fourth-order valence-corrected chi connectivity index (χ4v) is 2.60. The molecular weight excluding hydrogens is 284 g/mol. The van der Waals surface area contributed by atoms with Crippen LogP contribution in [-0.2, 0) is 11.8 Å². The standard InChI is InChI=1S/C14H16N6O2/c1-19-12(15)10-11(9-3-2-6-22-9)16-14(17-13(10)18-19)20-4-7-21-8-5-20/h2-3,6H,4-5,7-8,15H2,1H3. The Morgan fingerprint density at radius 1 is 1.23 bits per heavy atom. The fraction of sp³-hybridized carbons (Fsp3) is 0.357. The molecule has 114 valence electrons. The number of fused-ring (bicyclic) bond motifs is 1. The smallest absolute Gasteiger partial charge is 0.228 e. The molecule has 4 rings (SSSR count). The Labute approximate surface area is 126 Å². The van der Waals surface area contributed by atoms with Crippen molar-refractivity contribution in [3.8, 4) is 11.5 Å². The summed E-state index contributed by atoms with van der Waals surface area (Å²) in [6.07, 6.45) is 1.62. The second-order valence-electron chi connectivity index (χ2n) is 5.16. The van der Waals surface area contributed by atoms with E-state index >= 15 is 0 Å². The van der Waals surface area contributed by atoms with E-state index in [9.17, 15) is 0 Å². The molecule has 1 aliphatic heterocycles. The Hall–Kier alpha value is -2.61. The van der Waals surface area contributed by atoms with E-state index in [0.29, 0.717) is 42.1 Å². The number of aryl methyl sites for hydroxylation is 1. The number of morpholine rings is 1. The summed E-state index contributed by atoms with van der Waals surface area (Å²) < 4.78 is 12.5. The van der Waals surface area contributed by atoms with Gasteiger partial charge in [0.15, 0.2) is 11.4 Å². The number of rotatable bonds is 2. The molecule has 22 heavy (non-hydrogen) atoms. The molecule has 0 atom stereocenters. The van der Waals surface area contributed by atoms with Crippen LogP contribution < -0.4 is 10.6 Å². The quantitative estimate of drug-likeness (QED) is 0.755. The van der Waals surface area contributed by atoms with Crippen molar-refractivity contribution in [2.45, 2.75) is 0 Å². The average molecular weight is 300 g/mol. The Morgan fingerprint density at radius 3 is 2.77 bits per heavy atom. The van der Waals surface area contributed by atoms with Gasteiger partial charge >= 0.3 is 0 Å². The Bertz CT molecular complexity index is 804. The molecule has 8 heteroatoms. The number of ether oxygens (including phenoxy) is 1. The number of nitrogens with two attached hydrogens (primary N) is 1. The predicted octanol–water partition coefficient (Wildman–Crippen LogP) is 1.04. The van der Waals surface area contributed by atoms with E-state index in [4.69, 9.17) is 14.9 Å². The molecule has 2 N–H and O–H groups in total. The maximum atomic E-state index is 6.12. The van der Waals surface area contributed by atoms with Crippen molar-refractivity contribution in [3.63, 3.8) is 0 Å². The van der Waals surface area contributed by atoms with Crippen LogP contribution in [0.15, 0.2) is 22.8 Å². The summed E-state index contributed by atoms with van der Waals surface area (Å²) in [6.45, 7) is 2.85. The van der Waals surface area contributed by atoms with E-state index in [1.54, 1.807) is 18.0 Å². The van der Waals surface area contributed by atoms with E-state index in [1.165, 1.54) is 0 Å². The second kappa shape index (κ2) is 4.99. The van der Waals surface area contributed by atoms with E-state index in [0.717, 1.165) is 18.5 Å². The molecule has 0 aliphatic carbocycles. The summed E-state index contributed by atoms with van der Waals surface area (Å²) in [7, 11) is 1.79. The first-order valence-electron chi connectivity index (χ1n) is 7.11. The molecule has 3 aromatic heterocycles. The van der Waals surface area contributed by atoms with Crippen LogP contribution in [0.25, 0.3) is 22.5 Å². The Morgan fingerprint density at radius 2 is 2.05 bits per heavy atom. The van der Waals surface area contributed by atoms with Gasteiger partial charge in [-0.1, -0.05) is 0 Å². The van der Waals surface area contributed by atoms with E-state index in [2.05, 4.69) is 20.0 Å². The number of nitrogen functional groups attached to an aromatic ring is 1. The van der Waals surface area contributed by atoms with Gasteiger partial charge in [0.05, 0.1) is 24.9 Å². The minimum Gasteiger partial charge on any atom is -0.463 e.